The fraction of sp³-hybridized carbons (Fsp3) is 0.130. The quantitative estimate of drug-likeness (QED) is 0.553. The zero-order valence-corrected chi connectivity index (χ0v) is 16.4. The summed E-state index contributed by atoms with van der Waals surface area (Å²) in [7, 11) is 3.13. The third-order valence-corrected chi connectivity index (χ3v) is 4.94. The van der Waals surface area contributed by atoms with Crippen LogP contribution in [0.2, 0.25) is 0 Å². The van der Waals surface area contributed by atoms with Crippen LogP contribution < -0.4 is 0 Å². The summed E-state index contributed by atoms with van der Waals surface area (Å²) in [6, 6.07) is 12.6. The van der Waals surface area contributed by atoms with Crippen LogP contribution in [0.3, 0.4) is 0 Å². The highest BCUT2D eigenvalue weighted by molar-refractivity contribution is 5.94. The molecular formula is C23H19F2N3O2. The van der Waals surface area contributed by atoms with Crippen LogP contribution in [0.15, 0.2) is 60.9 Å². The van der Waals surface area contributed by atoms with Crippen LogP contribution in [0.5, 0.6) is 0 Å². The van der Waals surface area contributed by atoms with E-state index >= 15 is 0 Å². The van der Waals surface area contributed by atoms with Gasteiger partial charge in [0, 0.05) is 37.6 Å². The van der Waals surface area contributed by atoms with Crippen LogP contribution in [0.1, 0.15) is 15.9 Å². The highest BCUT2D eigenvalue weighted by atomic mass is 19.1. The normalized spacial score (nSPS) is 11.1. The van der Waals surface area contributed by atoms with E-state index in [9.17, 15) is 18.7 Å². The van der Waals surface area contributed by atoms with Crippen molar-refractivity contribution in [3.8, 4) is 22.4 Å². The van der Waals surface area contributed by atoms with Gasteiger partial charge >= 0.3 is 0 Å². The lowest BCUT2D eigenvalue weighted by molar-refractivity contribution is 0.0823. The maximum absolute atomic E-state index is 14.5. The first kappa shape index (κ1) is 19.7. The zero-order valence-electron chi connectivity index (χ0n) is 16.4. The van der Waals surface area contributed by atoms with E-state index in [1.54, 1.807) is 61.2 Å². The van der Waals surface area contributed by atoms with Gasteiger partial charge in [-0.15, -0.1) is 0 Å². The lowest BCUT2D eigenvalue weighted by Gasteiger charge is -2.11. The molecule has 0 aliphatic heterocycles. The van der Waals surface area contributed by atoms with E-state index in [0.29, 0.717) is 28.0 Å². The summed E-state index contributed by atoms with van der Waals surface area (Å²) in [6.45, 7) is -0.410. The Hall–Kier alpha value is -3.58. The van der Waals surface area contributed by atoms with Gasteiger partial charge < -0.3 is 14.4 Å². The van der Waals surface area contributed by atoms with E-state index < -0.39 is 24.1 Å². The van der Waals surface area contributed by atoms with Crippen LogP contribution in [-0.2, 0) is 6.61 Å². The minimum atomic E-state index is -0.615. The highest BCUT2D eigenvalue weighted by Crippen LogP contribution is 2.28. The number of fused-ring (bicyclic) bond motifs is 1. The predicted molar refractivity (Wildman–Crippen MR) is 110 cm³/mol. The number of benzene rings is 2. The number of aliphatic hydroxyl groups is 1. The van der Waals surface area contributed by atoms with E-state index in [4.69, 9.17) is 0 Å². The topological polar surface area (TPSA) is 57.8 Å². The second kappa shape index (κ2) is 7.68. The molecule has 0 unspecified atom stereocenters. The molecule has 1 amide bonds. The fourth-order valence-electron chi connectivity index (χ4n) is 3.37. The van der Waals surface area contributed by atoms with Crippen molar-refractivity contribution in [3.63, 3.8) is 0 Å². The predicted octanol–water partition coefficient (Wildman–Crippen LogP) is 4.14. The van der Waals surface area contributed by atoms with E-state index in [2.05, 4.69) is 4.98 Å². The van der Waals surface area contributed by atoms with Crippen molar-refractivity contribution in [2.24, 2.45) is 0 Å². The number of hydrogen-bond donors (Lipinski definition) is 1. The summed E-state index contributed by atoms with van der Waals surface area (Å²) in [6.07, 6.45) is 3.51. The number of carbonyl (C=O) groups is 1. The molecule has 0 bridgehead atoms. The number of aliphatic hydroxyl groups excluding tert-OH is 1. The lowest BCUT2D eigenvalue weighted by Crippen LogP contribution is -2.22. The Kier molecular flexibility index (Phi) is 5.05. The summed E-state index contributed by atoms with van der Waals surface area (Å²) in [5, 5.41) is 9.53. The molecule has 0 radical (unpaired) electrons. The van der Waals surface area contributed by atoms with Gasteiger partial charge in [-0.05, 0) is 41.5 Å². The number of pyridine rings is 1. The van der Waals surface area contributed by atoms with Crippen LogP contribution in [0.4, 0.5) is 8.78 Å². The summed E-state index contributed by atoms with van der Waals surface area (Å²) < 4.78 is 30.2. The molecule has 5 nitrogen and oxygen atoms in total. The molecule has 0 spiro atoms. The molecule has 2 aromatic heterocycles. The Morgan fingerprint density at radius 1 is 1.03 bits per heavy atom. The van der Waals surface area contributed by atoms with Gasteiger partial charge in [0.15, 0.2) is 0 Å². The Balaban J connectivity index is 1.74. The van der Waals surface area contributed by atoms with E-state index in [0.717, 1.165) is 0 Å². The van der Waals surface area contributed by atoms with Gasteiger partial charge in [0.2, 0.25) is 0 Å². The van der Waals surface area contributed by atoms with Crippen molar-refractivity contribution in [2.45, 2.75) is 6.61 Å². The minimum absolute atomic E-state index is 0.00237. The largest absolute Gasteiger partial charge is 0.392 e. The molecule has 4 rings (SSSR count). The van der Waals surface area contributed by atoms with Crippen molar-refractivity contribution in [1.29, 1.82) is 0 Å². The van der Waals surface area contributed by atoms with Gasteiger partial charge in [-0.3, -0.25) is 4.79 Å². The molecule has 30 heavy (non-hydrogen) atoms. The van der Waals surface area contributed by atoms with Gasteiger partial charge in [0.1, 0.15) is 17.3 Å². The van der Waals surface area contributed by atoms with Crippen molar-refractivity contribution >= 4 is 11.6 Å². The maximum Gasteiger partial charge on any atom is 0.256 e. The van der Waals surface area contributed by atoms with Crippen molar-refractivity contribution in [2.75, 3.05) is 14.1 Å². The summed E-state index contributed by atoms with van der Waals surface area (Å²) in [5.41, 5.74) is 3.23. The van der Waals surface area contributed by atoms with Gasteiger partial charge in [-0.1, -0.05) is 18.2 Å². The molecule has 0 aliphatic carbocycles. The second-order valence-corrected chi connectivity index (χ2v) is 7.13. The van der Waals surface area contributed by atoms with Crippen LogP contribution >= 0.6 is 0 Å². The number of halogens is 2. The van der Waals surface area contributed by atoms with Gasteiger partial charge in [-0.2, -0.15) is 0 Å². The SMILES string of the molecule is CN(C)C(=O)c1ccc(-c2cn3cc(-c4cccc(F)c4CO)ccc3n2)cc1F. The third-order valence-electron chi connectivity index (χ3n) is 4.94. The number of rotatable bonds is 4. The zero-order chi connectivity index (χ0) is 21.4. The molecule has 152 valence electrons. The van der Waals surface area contributed by atoms with Gasteiger partial charge in [0.25, 0.3) is 5.91 Å². The standard InChI is InChI=1S/C23H19F2N3O2/c1-27(2)23(30)17-8-6-14(10-20(17)25)21-12-28-11-15(7-9-22(28)26-21)16-4-3-5-19(24)18(16)13-29/h3-12,29H,13H2,1-2H3. The Labute approximate surface area is 171 Å². The number of aromatic nitrogens is 2. The lowest BCUT2D eigenvalue weighted by atomic mass is 10.0. The molecule has 0 fully saturated rings. The molecule has 0 saturated heterocycles. The smallest absolute Gasteiger partial charge is 0.256 e. The summed E-state index contributed by atoms with van der Waals surface area (Å²) in [4.78, 5) is 17.8. The first-order chi connectivity index (χ1) is 14.4. The van der Waals surface area contributed by atoms with Crippen LogP contribution in [0, 0.1) is 11.6 Å². The maximum atomic E-state index is 14.5. The molecule has 1 N–H and O–H groups in total. The minimum Gasteiger partial charge on any atom is -0.392 e. The number of amides is 1. The first-order valence-corrected chi connectivity index (χ1v) is 9.28. The molecule has 4 aromatic rings. The molecular weight excluding hydrogens is 388 g/mol. The Morgan fingerprint density at radius 2 is 1.80 bits per heavy atom. The summed E-state index contributed by atoms with van der Waals surface area (Å²) >= 11 is 0. The monoisotopic (exact) mass is 407 g/mol. The number of carbonyl (C=O) groups excluding carboxylic acids is 1. The van der Waals surface area contributed by atoms with E-state index in [-0.39, 0.29) is 11.1 Å². The van der Waals surface area contributed by atoms with E-state index in [1.165, 1.54) is 23.1 Å². The average molecular weight is 407 g/mol. The number of nitrogens with zero attached hydrogens (tertiary/aromatic N) is 3. The first-order valence-electron chi connectivity index (χ1n) is 9.28. The van der Waals surface area contributed by atoms with Gasteiger partial charge in [0.05, 0.1) is 17.9 Å². The van der Waals surface area contributed by atoms with Crippen LogP contribution in [0.25, 0.3) is 28.0 Å². The number of hydrogen-bond acceptors (Lipinski definition) is 3. The molecule has 2 aromatic carbocycles. The van der Waals surface area contributed by atoms with Crippen molar-refractivity contribution < 1.29 is 18.7 Å². The molecule has 0 saturated carbocycles. The summed E-state index contributed by atoms with van der Waals surface area (Å²) in [5.74, 6) is -1.49. The third kappa shape index (κ3) is 3.44. The Bertz CT molecular complexity index is 1260. The van der Waals surface area contributed by atoms with Gasteiger partial charge in [-0.25, -0.2) is 13.8 Å². The second-order valence-electron chi connectivity index (χ2n) is 7.13. The van der Waals surface area contributed by atoms with Crippen molar-refractivity contribution in [1.82, 2.24) is 14.3 Å². The van der Waals surface area contributed by atoms with E-state index in [1.807, 2.05) is 0 Å². The average Bonchev–Trinajstić information content (AvgIpc) is 3.16. The fourth-order valence-corrected chi connectivity index (χ4v) is 3.37. The van der Waals surface area contributed by atoms with Crippen LogP contribution in [-0.4, -0.2) is 39.4 Å². The molecule has 2 heterocycles. The highest BCUT2D eigenvalue weighted by Gasteiger charge is 2.16. The van der Waals surface area contributed by atoms with Crippen molar-refractivity contribution in [3.05, 3.63) is 83.7 Å². The number of imidazole rings is 1. The molecule has 7 heteroatoms. The molecule has 0 aliphatic rings. The Morgan fingerprint density at radius 3 is 2.50 bits per heavy atom. The molecule has 0 atom stereocenters.